The summed E-state index contributed by atoms with van der Waals surface area (Å²) in [6.45, 7) is 12.9. The quantitative estimate of drug-likeness (QED) is 0.888. The molecule has 106 valence electrons. The highest BCUT2D eigenvalue weighted by Crippen LogP contribution is 2.22. The van der Waals surface area contributed by atoms with Gasteiger partial charge in [-0.25, -0.2) is 4.98 Å². The van der Waals surface area contributed by atoms with Gasteiger partial charge >= 0.3 is 0 Å². The SMILES string of the molecule is Cc1cc(NC(C)(C)C)nc(N2CCCC(C)C2)n1. The van der Waals surface area contributed by atoms with E-state index >= 15 is 0 Å². The first-order valence-corrected chi connectivity index (χ1v) is 7.22. The third-order valence-corrected chi connectivity index (χ3v) is 3.29. The largest absolute Gasteiger partial charge is 0.365 e. The molecule has 2 heterocycles. The smallest absolute Gasteiger partial charge is 0.227 e. The molecule has 1 saturated heterocycles. The maximum Gasteiger partial charge on any atom is 0.227 e. The number of rotatable bonds is 2. The Morgan fingerprint density at radius 1 is 1.32 bits per heavy atom. The van der Waals surface area contributed by atoms with Crippen LogP contribution in [0.2, 0.25) is 0 Å². The molecule has 1 unspecified atom stereocenters. The van der Waals surface area contributed by atoms with Gasteiger partial charge in [-0.1, -0.05) is 6.92 Å². The second-order valence-electron chi connectivity index (χ2n) is 6.76. The van der Waals surface area contributed by atoms with Crippen molar-refractivity contribution in [2.45, 2.75) is 53.0 Å². The second-order valence-corrected chi connectivity index (χ2v) is 6.76. The molecule has 1 N–H and O–H groups in total. The van der Waals surface area contributed by atoms with E-state index in [0.29, 0.717) is 0 Å². The van der Waals surface area contributed by atoms with Gasteiger partial charge in [0.2, 0.25) is 5.95 Å². The molecular weight excluding hydrogens is 236 g/mol. The van der Waals surface area contributed by atoms with Gasteiger partial charge in [0.15, 0.2) is 0 Å². The lowest BCUT2D eigenvalue weighted by Crippen LogP contribution is -2.36. The first kappa shape index (κ1) is 14.1. The third-order valence-electron chi connectivity index (χ3n) is 3.29. The summed E-state index contributed by atoms with van der Waals surface area (Å²) in [5.41, 5.74) is 1.04. The van der Waals surface area contributed by atoms with Gasteiger partial charge in [-0.05, 0) is 46.5 Å². The maximum atomic E-state index is 4.68. The maximum absolute atomic E-state index is 4.68. The Morgan fingerprint density at radius 3 is 2.68 bits per heavy atom. The summed E-state index contributed by atoms with van der Waals surface area (Å²) in [6.07, 6.45) is 2.55. The lowest BCUT2D eigenvalue weighted by molar-refractivity contribution is 0.442. The van der Waals surface area contributed by atoms with Crippen LogP contribution in [0.4, 0.5) is 11.8 Å². The number of hydrogen-bond donors (Lipinski definition) is 1. The number of anilines is 2. The lowest BCUT2D eigenvalue weighted by atomic mass is 10.0. The summed E-state index contributed by atoms with van der Waals surface area (Å²) in [5.74, 6) is 2.53. The summed E-state index contributed by atoms with van der Waals surface area (Å²) < 4.78 is 0. The van der Waals surface area contributed by atoms with Crippen LogP contribution in [0.5, 0.6) is 0 Å². The molecule has 1 fully saturated rings. The van der Waals surface area contributed by atoms with Crippen LogP contribution in [0.1, 0.15) is 46.2 Å². The van der Waals surface area contributed by atoms with Gasteiger partial charge in [0.05, 0.1) is 0 Å². The van der Waals surface area contributed by atoms with E-state index in [-0.39, 0.29) is 5.54 Å². The summed E-state index contributed by atoms with van der Waals surface area (Å²) in [5, 5.41) is 3.43. The van der Waals surface area contributed by atoms with Crippen LogP contribution in [0.25, 0.3) is 0 Å². The Bertz CT molecular complexity index is 436. The molecule has 2 rings (SSSR count). The van der Waals surface area contributed by atoms with Gasteiger partial charge in [0.25, 0.3) is 0 Å². The monoisotopic (exact) mass is 262 g/mol. The average Bonchev–Trinajstić information content (AvgIpc) is 2.25. The highest BCUT2D eigenvalue weighted by atomic mass is 15.3. The Morgan fingerprint density at radius 2 is 2.05 bits per heavy atom. The van der Waals surface area contributed by atoms with E-state index in [1.54, 1.807) is 0 Å². The molecule has 0 bridgehead atoms. The number of nitrogens with one attached hydrogen (secondary N) is 1. The Hall–Kier alpha value is -1.32. The number of aromatic nitrogens is 2. The van der Waals surface area contributed by atoms with Crippen molar-refractivity contribution in [1.29, 1.82) is 0 Å². The zero-order chi connectivity index (χ0) is 14.0. The predicted molar refractivity (Wildman–Crippen MR) is 80.8 cm³/mol. The number of hydrogen-bond acceptors (Lipinski definition) is 4. The van der Waals surface area contributed by atoms with E-state index in [9.17, 15) is 0 Å². The van der Waals surface area contributed by atoms with E-state index in [2.05, 4.69) is 47.9 Å². The molecule has 0 spiro atoms. The van der Waals surface area contributed by atoms with Gasteiger partial charge in [-0.15, -0.1) is 0 Å². The van der Waals surface area contributed by atoms with Crippen LogP contribution in [0.3, 0.4) is 0 Å². The standard InChI is InChI=1S/C15H26N4/c1-11-7-6-8-19(10-11)14-16-12(2)9-13(17-14)18-15(3,4)5/h9,11H,6-8,10H2,1-5H3,(H,16,17,18). The van der Waals surface area contributed by atoms with Crippen molar-refractivity contribution >= 4 is 11.8 Å². The minimum atomic E-state index is 0.0211. The fourth-order valence-corrected chi connectivity index (χ4v) is 2.51. The molecule has 1 aromatic heterocycles. The van der Waals surface area contributed by atoms with Gasteiger partial charge in [-0.2, -0.15) is 4.98 Å². The fourth-order valence-electron chi connectivity index (χ4n) is 2.51. The van der Waals surface area contributed by atoms with Crippen LogP contribution in [-0.4, -0.2) is 28.6 Å². The Balaban J connectivity index is 2.21. The highest BCUT2D eigenvalue weighted by Gasteiger charge is 2.20. The summed E-state index contributed by atoms with van der Waals surface area (Å²) in [4.78, 5) is 11.6. The Labute approximate surface area is 116 Å². The lowest BCUT2D eigenvalue weighted by Gasteiger charge is -2.31. The fraction of sp³-hybridized carbons (Fsp3) is 0.733. The minimum Gasteiger partial charge on any atom is -0.365 e. The molecule has 19 heavy (non-hydrogen) atoms. The van der Waals surface area contributed by atoms with E-state index in [0.717, 1.165) is 36.5 Å². The van der Waals surface area contributed by atoms with Crippen molar-refractivity contribution in [3.63, 3.8) is 0 Å². The van der Waals surface area contributed by atoms with Gasteiger partial charge in [0, 0.05) is 30.4 Å². The average molecular weight is 262 g/mol. The normalized spacial score (nSPS) is 20.5. The van der Waals surface area contributed by atoms with Crippen LogP contribution in [0, 0.1) is 12.8 Å². The summed E-state index contributed by atoms with van der Waals surface area (Å²) in [6, 6.07) is 2.02. The molecular formula is C15H26N4. The molecule has 1 atom stereocenters. The molecule has 1 aliphatic heterocycles. The zero-order valence-corrected chi connectivity index (χ0v) is 12.8. The highest BCUT2D eigenvalue weighted by molar-refractivity contribution is 5.45. The molecule has 1 aliphatic rings. The van der Waals surface area contributed by atoms with Gasteiger partial charge in [-0.3, -0.25) is 0 Å². The van der Waals surface area contributed by atoms with E-state index in [1.165, 1.54) is 12.8 Å². The third kappa shape index (κ3) is 4.08. The summed E-state index contributed by atoms with van der Waals surface area (Å²) >= 11 is 0. The molecule has 4 heteroatoms. The molecule has 0 amide bonds. The number of nitrogens with zero attached hydrogens (tertiary/aromatic N) is 3. The van der Waals surface area contributed by atoms with Crippen molar-refractivity contribution in [1.82, 2.24) is 9.97 Å². The van der Waals surface area contributed by atoms with E-state index in [1.807, 2.05) is 13.0 Å². The first-order valence-electron chi connectivity index (χ1n) is 7.22. The summed E-state index contributed by atoms with van der Waals surface area (Å²) in [7, 11) is 0. The van der Waals surface area contributed by atoms with Crippen molar-refractivity contribution in [2.24, 2.45) is 5.92 Å². The van der Waals surface area contributed by atoms with Crippen molar-refractivity contribution < 1.29 is 0 Å². The van der Waals surface area contributed by atoms with Crippen LogP contribution >= 0.6 is 0 Å². The van der Waals surface area contributed by atoms with Crippen LogP contribution in [0.15, 0.2) is 6.07 Å². The van der Waals surface area contributed by atoms with Crippen molar-refractivity contribution in [3.8, 4) is 0 Å². The molecule has 0 saturated carbocycles. The predicted octanol–water partition coefficient (Wildman–Crippen LogP) is 3.23. The second kappa shape index (κ2) is 5.35. The van der Waals surface area contributed by atoms with Crippen molar-refractivity contribution in [3.05, 3.63) is 11.8 Å². The number of piperidine rings is 1. The van der Waals surface area contributed by atoms with Gasteiger partial charge < -0.3 is 10.2 Å². The molecule has 0 aliphatic carbocycles. The zero-order valence-electron chi connectivity index (χ0n) is 12.8. The molecule has 0 aromatic carbocycles. The molecule has 0 radical (unpaired) electrons. The topological polar surface area (TPSA) is 41.1 Å². The van der Waals surface area contributed by atoms with Gasteiger partial charge in [0.1, 0.15) is 5.82 Å². The van der Waals surface area contributed by atoms with E-state index < -0.39 is 0 Å². The van der Waals surface area contributed by atoms with E-state index in [4.69, 9.17) is 0 Å². The Kier molecular flexibility index (Phi) is 3.97. The van der Waals surface area contributed by atoms with Crippen LogP contribution < -0.4 is 10.2 Å². The van der Waals surface area contributed by atoms with Crippen LogP contribution in [-0.2, 0) is 0 Å². The minimum absolute atomic E-state index is 0.0211. The van der Waals surface area contributed by atoms with Crippen molar-refractivity contribution in [2.75, 3.05) is 23.3 Å². The number of aryl methyl sites for hydroxylation is 1. The molecule has 1 aromatic rings. The molecule has 4 nitrogen and oxygen atoms in total. The first-order chi connectivity index (χ1) is 8.83.